The zero-order valence-corrected chi connectivity index (χ0v) is 11.4. The number of sulfone groups is 1. The van der Waals surface area contributed by atoms with E-state index in [0.717, 1.165) is 6.26 Å². The summed E-state index contributed by atoms with van der Waals surface area (Å²) in [6.45, 7) is 0.0449. The van der Waals surface area contributed by atoms with E-state index in [9.17, 15) is 18.1 Å². The predicted octanol–water partition coefficient (Wildman–Crippen LogP) is 1.49. The molecule has 0 spiro atoms. The van der Waals surface area contributed by atoms with Crippen molar-refractivity contribution >= 4 is 9.84 Å². The first kappa shape index (κ1) is 14.0. The maximum Gasteiger partial charge on any atom is 0.152 e. The van der Waals surface area contributed by atoms with Gasteiger partial charge in [0.1, 0.15) is 11.2 Å². The number of rotatable bonds is 4. The van der Waals surface area contributed by atoms with Crippen molar-refractivity contribution in [2.75, 3.05) is 20.0 Å². The molecule has 0 heterocycles. The van der Waals surface area contributed by atoms with Crippen LogP contribution in [0, 0.1) is 22.6 Å². The number of methoxy groups -OCH3 is 1. The van der Waals surface area contributed by atoms with Crippen molar-refractivity contribution < 1.29 is 17.5 Å². The van der Waals surface area contributed by atoms with Gasteiger partial charge < -0.3 is 4.74 Å². The van der Waals surface area contributed by atoms with E-state index >= 15 is 0 Å². The van der Waals surface area contributed by atoms with Gasteiger partial charge in [0.2, 0.25) is 0 Å². The predicted molar refractivity (Wildman–Crippen MR) is 67.7 cm³/mol. The maximum atomic E-state index is 12.9. The van der Waals surface area contributed by atoms with E-state index in [1.807, 2.05) is 0 Å². The molecule has 3 unspecified atom stereocenters. The van der Waals surface area contributed by atoms with Crippen molar-refractivity contribution in [2.45, 2.75) is 11.2 Å². The molecule has 2 rings (SSSR count). The van der Waals surface area contributed by atoms with E-state index in [2.05, 4.69) is 6.07 Å². The summed E-state index contributed by atoms with van der Waals surface area (Å²) in [5.74, 6) is -0.859. The quantitative estimate of drug-likeness (QED) is 0.839. The fourth-order valence-corrected chi connectivity index (χ4v) is 4.60. The van der Waals surface area contributed by atoms with Crippen LogP contribution in [0.15, 0.2) is 24.3 Å². The molecule has 1 aliphatic rings. The SMILES string of the molecule is COCC1(C#N)C(c2ccc(F)cc2)C1S(C)(=O)=O. The van der Waals surface area contributed by atoms with Crippen LogP contribution >= 0.6 is 0 Å². The third-order valence-electron chi connectivity index (χ3n) is 3.54. The van der Waals surface area contributed by atoms with Gasteiger partial charge in [-0.2, -0.15) is 5.26 Å². The van der Waals surface area contributed by atoms with Gasteiger partial charge >= 0.3 is 0 Å². The lowest BCUT2D eigenvalue weighted by Crippen LogP contribution is -2.17. The molecule has 1 saturated carbocycles. The molecule has 0 bridgehead atoms. The molecular formula is C13H14FNO3S. The minimum atomic E-state index is -3.38. The van der Waals surface area contributed by atoms with E-state index in [0.29, 0.717) is 5.56 Å². The Bertz CT molecular complexity index is 620. The largest absolute Gasteiger partial charge is 0.383 e. The molecule has 1 aromatic carbocycles. The highest BCUT2D eigenvalue weighted by molar-refractivity contribution is 7.91. The molecule has 0 radical (unpaired) electrons. The topological polar surface area (TPSA) is 67.2 Å². The van der Waals surface area contributed by atoms with Crippen LogP contribution in [0.1, 0.15) is 11.5 Å². The van der Waals surface area contributed by atoms with Crippen LogP contribution in [-0.2, 0) is 14.6 Å². The van der Waals surface area contributed by atoms with Gasteiger partial charge in [-0.25, -0.2) is 12.8 Å². The highest BCUT2D eigenvalue weighted by atomic mass is 32.2. The zero-order valence-electron chi connectivity index (χ0n) is 10.6. The van der Waals surface area contributed by atoms with Crippen molar-refractivity contribution in [1.29, 1.82) is 5.26 Å². The minimum absolute atomic E-state index is 0.0449. The van der Waals surface area contributed by atoms with Gasteiger partial charge in [0.25, 0.3) is 0 Å². The van der Waals surface area contributed by atoms with Crippen molar-refractivity contribution in [1.82, 2.24) is 0 Å². The molecule has 0 saturated heterocycles. The zero-order chi connectivity index (χ0) is 14.3. The first-order valence-corrected chi connectivity index (χ1v) is 7.67. The molecule has 0 aromatic heterocycles. The van der Waals surface area contributed by atoms with Crippen LogP contribution in [0.25, 0.3) is 0 Å². The summed E-state index contributed by atoms with van der Waals surface area (Å²) >= 11 is 0. The molecule has 19 heavy (non-hydrogen) atoms. The second-order valence-electron chi connectivity index (χ2n) is 4.86. The number of halogens is 1. The van der Waals surface area contributed by atoms with E-state index in [-0.39, 0.29) is 6.61 Å². The molecule has 0 amide bonds. The number of nitriles is 1. The van der Waals surface area contributed by atoms with Crippen LogP contribution in [0.5, 0.6) is 0 Å². The first-order chi connectivity index (χ1) is 8.86. The summed E-state index contributed by atoms with van der Waals surface area (Å²) in [4.78, 5) is 0. The van der Waals surface area contributed by atoms with Gasteiger partial charge in [-0.3, -0.25) is 0 Å². The van der Waals surface area contributed by atoms with E-state index in [1.54, 1.807) is 0 Å². The standard InChI is InChI=1S/C13H14FNO3S/c1-18-8-13(7-15)11(12(13)19(2,16)17)9-3-5-10(14)6-4-9/h3-6,11-12H,8H2,1-2H3. The van der Waals surface area contributed by atoms with Gasteiger partial charge in [0.15, 0.2) is 9.84 Å². The average molecular weight is 283 g/mol. The van der Waals surface area contributed by atoms with Crippen molar-refractivity contribution in [2.24, 2.45) is 5.41 Å². The Balaban J connectivity index is 2.44. The van der Waals surface area contributed by atoms with Crippen LogP contribution in [0.2, 0.25) is 0 Å². The van der Waals surface area contributed by atoms with Gasteiger partial charge in [-0.05, 0) is 17.7 Å². The van der Waals surface area contributed by atoms with Gasteiger partial charge in [0.05, 0.1) is 17.9 Å². The second-order valence-corrected chi connectivity index (χ2v) is 7.03. The summed E-state index contributed by atoms with van der Waals surface area (Å²) in [7, 11) is -1.95. The lowest BCUT2D eigenvalue weighted by molar-refractivity contribution is 0.162. The number of ether oxygens (including phenoxy) is 1. The highest BCUT2D eigenvalue weighted by Gasteiger charge is 2.71. The van der Waals surface area contributed by atoms with Crippen molar-refractivity contribution in [3.63, 3.8) is 0 Å². The minimum Gasteiger partial charge on any atom is -0.383 e. The monoisotopic (exact) mass is 283 g/mol. The number of nitrogens with zero attached hydrogens (tertiary/aromatic N) is 1. The average Bonchev–Trinajstić information content (AvgIpc) is 3.00. The normalized spacial score (nSPS) is 29.8. The summed E-state index contributed by atoms with van der Waals surface area (Å²) in [5.41, 5.74) is -0.421. The highest BCUT2D eigenvalue weighted by Crippen LogP contribution is 2.62. The van der Waals surface area contributed by atoms with Crippen molar-refractivity contribution in [3.8, 4) is 6.07 Å². The number of hydrogen-bond donors (Lipinski definition) is 0. The molecule has 0 N–H and O–H groups in total. The second kappa shape index (κ2) is 4.58. The molecule has 4 nitrogen and oxygen atoms in total. The fraction of sp³-hybridized carbons (Fsp3) is 0.462. The number of hydrogen-bond acceptors (Lipinski definition) is 4. The lowest BCUT2D eigenvalue weighted by atomic mass is 10.0. The molecule has 3 atom stereocenters. The molecular weight excluding hydrogens is 269 g/mol. The van der Waals surface area contributed by atoms with Gasteiger partial charge in [0, 0.05) is 19.3 Å². The third-order valence-corrected chi connectivity index (χ3v) is 5.15. The summed E-state index contributed by atoms with van der Waals surface area (Å²) in [6, 6.07) is 7.65. The van der Waals surface area contributed by atoms with Gasteiger partial charge in [-0.15, -0.1) is 0 Å². The summed E-state index contributed by atoms with van der Waals surface area (Å²) < 4.78 is 41.5. The third kappa shape index (κ3) is 2.24. The lowest BCUT2D eigenvalue weighted by Gasteiger charge is -2.06. The fourth-order valence-electron chi connectivity index (χ4n) is 2.75. The van der Waals surface area contributed by atoms with E-state index < -0.39 is 32.2 Å². The Labute approximate surface area is 111 Å². The molecule has 6 heteroatoms. The van der Waals surface area contributed by atoms with Gasteiger partial charge in [-0.1, -0.05) is 12.1 Å². The Hall–Kier alpha value is -1.45. The Morgan fingerprint density at radius 2 is 2.00 bits per heavy atom. The Morgan fingerprint density at radius 1 is 1.42 bits per heavy atom. The molecule has 1 fully saturated rings. The van der Waals surface area contributed by atoms with E-state index in [1.165, 1.54) is 31.4 Å². The molecule has 102 valence electrons. The van der Waals surface area contributed by atoms with Crippen LogP contribution < -0.4 is 0 Å². The van der Waals surface area contributed by atoms with Crippen LogP contribution in [0.4, 0.5) is 4.39 Å². The molecule has 1 aromatic rings. The van der Waals surface area contributed by atoms with E-state index in [4.69, 9.17) is 4.74 Å². The molecule has 0 aliphatic heterocycles. The summed E-state index contributed by atoms with van der Waals surface area (Å²) in [5, 5.41) is 8.54. The van der Waals surface area contributed by atoms with Crippen molar-refractivity contribution in [3.05, 3.63) is 35.6 Å². The smallest absolute Gasteiger partial charge is 0.152 e. The first-order valence-electron chi connectivity index (χ1n) is 5.71. The summed E-state index contributed by atoms with van der Waals surface area (Å²) in [6.07, 6.45) is 1.11. The number of benzene rings is 1. The Morgan fingerprint density at radius 3 is 2.42 bits per heavy atom. The maximum absolute atomic E-state index is 12.9. The molecule has 1 aliphatic carbocycles. The van der Waals surface area contributed by atoms with Crippen LogP contribution in [0.3, 0.4) is 0 Å². The van der Waals surface area contributed by atoms with Crippen LogP contribution in [-0.4, -0.2) is 33.6 Å². The Kier molecular flexibility index (Phi) is 3.37.